The average molecular weight is 307 g/mol. The predicted molar refractivity (Wildman–Crippen MR) is 85.6 cm³/mol. The molecule has 0 aliphatic rings. The second-order valence-corrected chi connectivity index (χ2v) is 5.13. The number of hydrogen-bond acceptors (Lipinski definition) is 4. The fourth-order valence-corrected chi connectivity index (χ4v) is 1.98. The van der Waals surface area contributed by atoms with E-state index in [1.807, 2.05) is 0 Å². The highest BCUT2D eigenvalue weighted by Gasteiger charge is 2.10. The van der Waals surface area contributed by atoms with Crippen molar-refractivity contribution in [2.75, 3.05) is 13.2 Å². The van der Waals surface area contributed by atoms with Crippen molar-refractivity contribution in [1.82, 2.24) is 5.32 Å². The number of carbonyl (C=O) groups is 2. The van der Waals surface area contributed by atoms with E-state index < -0.39 is 5.91 Å². The first-order chi connectivity index (χ1) is 10.6. The molecule has 0 aromatic heterocycles. The van der Waals surface area contributed by atoms with Gasteiger partial charge in [-0.15, -0.1) is 0 Å². The Bertz CT molecular complexity index is 474. The van der Waals surface area contributed by atoms with E-state index in [-0.39, 0.29) is 25.0 Å². The van der Waals surface area contributed by atoms with E-state index in [1.165, 1.54) is 0 Å². The van der Waals surface area contributed by atoms with Crippen LogP contribution in [0.25, 0.3) is 0 Å². The summed E-state index contributed by atoms with van der Waals surface area (Å²) in [5, 5.41) is 2.91. The Morgan fingerprint density at radius 1 is 1.27 bits per heavy atom. The summed E-state index contributed by atoms with van der Waals surface area (Å²) >= 11 is 0. The summed E-state index contributed by atoms with van der Waals surface area (Å²) in [5.74, 6) is 0.0466. The minimum absolute atomic E-state index is 0.0299. The predicted octanol–water partition coefficient (Wildman–Crippen LogP) is 1.19. The maximum Gasteiger partial charge on any atom is 0.248 e. The van der Waals surface area contributed by atoms with Gasteiger partial charge in [-0.05, 0) is 30.7 Å². The van der Waals surface area contributed by atoms with E-state index in [2.05, 4.69) is 12.2 Å². The Hall–Kier alpha value is -2.08. The summed E-state index contributed by atoms with van der Waals surface area (Å²) in [6.45, 7) is 2.82. The molecule has 5 N–H and O–H groups in total. The quantitative estimate of drug-likeness (QED) is 0.603. The maximum atomic E-state index is 11.8. The van der Waals surface area contributed by atoms with Crippen molar-refractivity contribution in [2.45, 2.75) is 38.6 Å². The lowest BCUT2D eigenvalue weighted by Crippen LogP contribution is -2.40. The number of ether oxygens (including phenoxy) is 1. The molecule has 122 valence electrons. The molecule has 1 aromatic rings. The molecule has 6 heteroatoms. The topological polar surface area (TPSA) is 107 Å². The first kappa shape index (κ1) is 18.0. The Kier molecular flexibility index (Phi) is 7.99. The van der Waals surface area contributed by atoms with Gasteiger partial charge in [0.1, 0.15) is 5.75 Å². The molecule has 1 unspecified atom stereocenters. The normalized spacial score (nSPS) is 11.7. The van der Waals surface area contributed by atoms with Crippen LogP contribution in [0.1, 0.15) is 43.0 Å². The van der Waals surface area contributed by atoms with Crippen molar-refractivity contribution < 1.29 is 14.3 Å². The minimum Gasteiger partial charge on any atom is -0.493 e. The summed E-state index contributed by atoms with van der Waals surface area (Å²) < 4.78 is 5.46. The molecule has 0 aliphatic carbocycles. The van der Waals surface area contributed by atoms with E-state index in [1.54, 1.807) is 24.3 Å². The molecule has 0 fully saturated rings. The lowest BCUT2D eigenvalue weighted by atomic mass is 10.1. The number of carbonyl (C=O) groups excluding carboxylic acids is 2. The molecule has 0 saturated carbocycles. The van der Waals surface area contributed by atoms with Gasteiger partial charge in [-0.25, -0.2) is 0 Å². The Morgan fingerprint density at radius 2 is 1.95 bits per heavy atom. The smallest absolute Gasteiger partial charge is 0.248 e. The Morgan fingerprint density at radius 3 is 2.50 bits per heavy atom. The van der Waals surface area contributed by atoms with Gasteiger partial charge in [-0.1, -0.05) is 19.8 Å². The van der Waals surface area contributed by atoms with Gasteiger partial charge in [0, 0.05) is 18.2 Å². The van der Waals surface area contributed by atoms with E-state index >= 15 is 0 Å². The lowest BCUT2D eigenvalue weighted by molar-refractivity contribution is -0.122. The van der Waals surface area contributed by atoms with Crippen LogP contribution in [-0.2, 0) is 4.79 Å². The van der Waals surface area contributed by atoms with E-state index in [4.69, 9.17) is 16.2 Å². The SMILES string of the molecule is CCCCC(CN)NC(=O)CCOc1ccc(C(N)=O)cc1. The van der Waals surface area contributed by atoms with Gasteiger partial charge < -0.3 is 21.5 Å². The molecule has 2 amide bonds. The summed E-state index contributed by atoms with van der Waals surface area (Å²) in [5.41, 5.74) is 11.2. The van der Waals surface area contributed by atoms with Gasteiger partial charge in [-0.3, -0.25) is 9.59 Å². The molecular weight excluding hydrogens is 282 g/mol. The molecule has 0 bridgehead atoms. The monoisotopic (exact) mass is 307 g/mol. The molecule has 0 saturated heterocycles. The Balaban J connectivity index is 2.30. The number of amides is 2. The van der Waals surface area contributed by atoms with Gasteiger partial charge in [0.25, 0.3) is 0 Å². The molecule has 0 aliphatic heterocycles. The van der Waals surface area contributed by atoms with Crippen LogP contribution >= 0.6 is 0 Å². The first-order valence-electron chi connectivity index (χ1n) is 7.59. The molecular formula is C16H25N3O3. The average Bonchev–Trinajstić information content (AvgIpc) is 2.51. The summed E-state index contributed by atoms with van der Waals surface area (Å²) in [7, 11) is 0. The van der Waals surface area contributed by atoms with Crippen molar-refractivity contribution in [3.63, 3.8) is 0 Å². The van der Waals surface area contributed by atoms with Crippen molar-refractivity contribution in [3.8, 4) is 5.75 Å². The van der Waals surface area contributed by atoms with E-state index in [9.17, 15) is 9.59 Å². The van der Waals surface area contributed by atoms with Crippen LogP contribution in [0.5, 0.6) is 5.75 Å². The second kappa shape index (κ2) is 9.78. The fraction of sp³-hybridized carbons (Fsp3) is 0.500. The number of nitrogens with two attached hydrogens (primary N) is 2. The zero-order valence-electron chi connectivity index (χ0n) is 13.0. The van der Waals surface area contributed by atoms with Crippen LogP contribution in [0.4, 0.5) is 0 Å². The first-order valence-corrected chi connectivity index (χ1v) is 7.59. The summed E-state index contributed by atoms with van der Waals surface area (Å²) in [4.78, 5) is 22.7. The molecule has 0 radical (unpaired) electrons. The zero-order chi connectivity index (χ0) is 16.4. The number of hydrogen-bond donors (Lipinski definition) is 3. The van der Waals surface area contributed by atoms with Gasteiger partial charge in [0.2, 0.25) is 11.8 Å². The molecule has 1 rings (SSSR count). The third kappa shape index (κ3) is 6.58. The number of nitrogens with one attached hydrogen (secondary N) is 1. The van der Waals surface area contributed by atoms with Crippen molar-refractivity contribution in [3.05, 3.63) is 29.8 Å². The zero-order valence-corrected chi connectivity index (χ0v) is 13.0. The van der Waals surface area contributed by atoms with Crippen LogP contribution in [-0.4, -0.2) is 31.0 Å². The van der Waals surface area contributed by atoms with Gasteiger partial charge in [-0.2, -0.15) is 0 Å². The molecule has 1 aromatic carbocycles. The van der Waals surface area contributed by atoms with Crippen LogP contribution in [0.15, 0.2) is 24.3 Å². The Labute approximate surface area is 131 Å². The van der Waals surface area contributed by atoms with Crippen LogP contribution in [0.3, 0.4) is 0 Å². The van der Waals surface area contributed by atoms with Crippen LogP contribution < -0.4 is 21.5 Å². The van der Waals surface area contributed by atoms with Gasteiger partial charge in [0.15, 0.2) is 0 Å². The number of unbranched alkanes of at least 4 members (excludes halogenated alkanes) is 1. The highest BCUT2D eigenvalue weighted by molar-refractivity contribution is 5.92. The van der Waals surface area contributed by atoms with Crippen LogP contribution in [0.2, 0.25) is 0 Å². The largest absolute Gasteiger partial charge is 0.493 e. The third-order valence-electron chi connectivity index (χ3n) is 3.29. The van der Waals surface area contributed by atoms with E-state index in [0.717, 1.165) is 19.3 Å². The molecule has 6 nitrogen and oxygen atoms in total. The van der Waals surface area contributed by atoms with Gasteiger partial charge in [0.05, 0.1) is 13.0 Å². The molecule has 1 atom stereocenters. The standard InChI is InChI=1S/C16H25N3O3/c1-2-3-4-13(11-17)19-15(20)9-10-22-14-7-5-12(6-8-14)16(18)21/h5-8,13H,2-4,9-11,17H2,1H3,(H2,18,21)(H,19,20). The van der Waals surface area contributed by atoms with Crippen molar-refractivity contribution >= 4 is 11.8 Å². The third-order valence-corrected chi connectivity index (χ3v) is 3.29. The number of primary amides is 1. The van der Waals surface area contributed by atoms with Crippen molar-refractivity contribution in [2.24, 2.45) is 11.5 Å². The highest BCUT2D eigenvalue weighted by Crippen LogP contribution is 2.12. The fourth-order valence-electron chi connectivity index (χ4n) is 1.98. The molecule has 0 spiro atoms. The highest BCUT2D eigenvalue weighted by atomic mass is 16.5. The molecule has 0 heterocycles. The van der Waals surface area contributed by atoms with Crippen LogP contribution in [0, 0.1) is 0 Å². The summed E-state index contributed by atoms with van der Waals surface area (Å²) in [6.07, 6.45) is 3.29. The number of rotatable bonds is 10. The van der Waals surface area contributed by atoms with E-state index in [0.29, 0.717) is 17.9 Å². The lowest BCUT2D eigenvalue weighted by Gasteiger charge is -2.16. The maximum absolute atomic E-state index is 11.8. The summed E-state index contributed by atoms with van der Waals surface area (Å²) in [6, 6.07) is 6.52. The minimum atomic E-state index is -0.481. The molecule has 22 heavy (non-hydrogen) atoms. The van der Waals surface area contributed by atoms with Crippen molar-refractivity contribution in [1.29, 1.82) is 0 Å². The number of benzene rings is 1. The second-order valence-electron chi connectivity index (χ2n) is 5.13. The van der Waals surface area contributed by atoms with Gasteiger partial charge >= 0.3 is 0 Å².